The lowest BCUT2D eigenvalue weighted by atomic mass is 10.0. The first-order valence-corrected chi connectivity index (χ1v) is 9.45. The highest BCUT2D eigenvalue weighted by Gasteiger charge is 2.43. The molecule has 1 saturated carbocycles. The summed E-state index contributed by atoms with van der Waals surface area (Å²) in [6.45, 7) is 6.76. The summed E-state index contributed by atoms with van der Waals surface area (Å²) in [5, 5.41) is 3.55. The molecule has 0 aromatic rings. The van der Waals surface area contributed by atoms with Gasteiger partial charge in [0.1, 0.15) is 0 Å². The highest BCUT2D eigenvalue weighted by Crippen LogP contribution is 2.32. The number of amides is 1. The molecular weight excluding hydrogens is 272 g/mol. The molecule has 3 atom stereocenters. The molecule has 3 unspecified atom stereocenters. The van der Waals surface area contributed by atoms with Crippen LogP contribution in [0.25, 0.3) is 0 Å². The second kappa shape index (κ2) is 7.03. The van der Waals surface area contributed by atoms with E-state index >= 15 is 0 Å². The van der Waals surface area contributed by atoms with Crippen LogP contribution in [0, 0.1) is 11.8 Å². The summed E-state index contributed by atoms with van der Waals surface area (Å²) < 4.78 is 11.7. The van der Waals surface area contributed by atoms with Crippen molar-refractivity contribution in [1.29, 1.82) is 0 Å². The zero-order chi connectivity index (χ0) is 14.7. The van der Waals surface area contributed by atoms with Gasteiger partial charge in [-0.1, -0.05) is 33.6 Å². The van der Waals surface area contributed by atoms with Crippen LogP contribution in [-0.4, -0.2) is 45.3 Å². The Labute approximate surface area is 125 Å². The van der Waals surface area contributed by atoms with E-state index in [2.05, 4.69) is 19.2 Å². The van der Waals surface area contributed by atoms with Gasteiger partial charge in [-0.25, -0.2) is 0 Å². The molecule has 1 N–H and O–H groups in total. The van der Waals surface area contributed by atoms with E-state index in [1.165, 1.54) is 25.7 Å². The third-order valence-corrected chi connectivity index (χ3v) is 5.91. The average molecular weight is 300 g/mol. The molecule has 20 heavy (non-hydrogen) atoms. The summed E-state index contributed by atoms with van der Waals surface area (Å²) in [6, 6.07) is -0.0596. The van der Waals surface area contributed by atoms with E-state index in [1.54, 1.807) is 0 Å². The summed E-state index contributed by atoms with van der Waals surface area (Å²) >= 11 is 0. The van der Waals surface area contributed by atoms with Crippen LogP contribution < -0.4 is 5.32 Å². The van der Waals surface area contributed by atoms with E-state index in [4.69, 9.17) is 0 Å². The number of carbonyl (C=O) groups excluding carboxylic acids is 1. The molecule has 5 heteroatoms. The second-order valence-electron chi connectivity index (χ2n) is 6.34. The number of nitrogens with zero attached hydrogens (tertiary/aromatic N) is 1. The van der Waals surface area contributed by atoms with Gasteiger partial charge < -0.3 is 4.90 Å². The Morgan fingerprint density at radius 3 is 2.55 bits per heavy atom. The molecule has 2 aliphatic rings. The summed E-state index contributed by atoms with van der Waals surface area (Å²) in [6.07, 6.45) is 5.15. The Kier molecular flexibility index (Phi) is 5.61. The highest BCUT2D eigenvalue weighted by molar-refractivity contribution is 7.84. The topological polar surface area (TPSA) is 49.4 Å². The summed E-state index contributed by atoms with van der Waals surface area (Å²) in [4.78, 5) is 14.6. The largest absolute Gasteiger partial charge is 0.325 e. The first-order chi connectivity index (χ1) is 9.54. The van der Waals surface area contributed by atoms with Gasteiger partial charge in [0.25, 0.3) is 0 Å². The van der Waals surface area contributed by atoms with E-state index in [9.17, 15) is 9.00 Å². The summed E-state index contributed by atoms with van der Waals surface area (Å²) in [5.74, 6) is 2.39. The van der Waals surface area contributed by atoms with Crippen LogP contribution >= 0.6 is 0 Å². The number of rotatable bonds is 6. The summed E-state index contributed by atoms with van der Waals surface area (Å²) in [5.41, 5.74) is 0. The average Bonchev–Trinajstić information content (AvgIpc) is 3.03. The van der Waals surface area contributed by atoms with Gasteiger partial charge in [0.2, 0.25) is 5.91 Å². The molecular formula is C15H28N2O2S. The molecule has 1 saturated heterocycles. The molecule has 2 fully saturated rings. The fourth-order valence-corrected chi connectivity index (χ4v) is 4.09. The van der Waals surface area contributed by atoms with Crippen LogP contribution in [-0.2, 0) is 15.6 Å². The van der Waals surface area contributed by atoms with Crippen molar-refractivity contribution in [3.8, 4) is 0 Å². The Bertz CT molecular complexity index is 367. The molecule has 0 bridgehead atoms. The van der Waals surface area contributed by atoms with Gasteiger partial charge in [-0.15, -0.1) is 0 Å². The van der Waals surface area contributed by atoms with Gasteiger partial charge in [0, 0.05) is 28.9 Å². The predicted molar refractivity (Wildman–Crippen MR) is 82.8 cm³/mol. The van der Waals surface area contributed by atoms with Crippen molar-refractivity contribution in [2.45, 2.75) is 58.7 Å². The molecule has 0 radical (unpaired) electrons. The van der Waals surface area contributed by atoms with E-state index in [-0.39, 0.29) is 18.1 Å². The standard InChI is InChI=1S/C15H28N2O2S/c1-4-20(19)10-9-17-14(12-7-5-6-8-12)16-13(11(2)3)15(17)18/h11-14,16H,4-10H2,1-3H3. The summed E-state index contributed by atoms with van der Waals surface area (Å²) in [7, 11) is -0.798. The number of carbonyl (C=O) groups is 1. The molecule has 0 spiro atoms. The number of hydrogen-bond acceptors (Lipinski definition) is 3. The number of hydrogen-bond donors (Lipinski definition) is 1. The lowest BCUT2D eigenvalue weighted by Gasteiger charge is -2.28. The highest BCUT2D eigenvalue weighted by atomic mass is 32.2. The van der Waals surface area contributed by atoms with Crippen molar-refractivity contribution in [1.82, 2.24) is 10.2 Å². The molecule has 1 aliphatic carbocycles. The molecule has 1 heterocycles. The molecule has 4 nitrogen and oxygen atoms in total. The second-order valence-corrected chi connectivity index (χ2v) is 8.21. The SMILES string of the molecule is CCS(=O)CCN1C(=O)C(C(C)C)NC1C1CCCC1. The predicted octanol–water partition coefficient (Wildman–Crippen LogP) is 1.73. The van der Waals surface area contributed by atoms with Crippen LogP contribution in [0.4, 0.5) is 0 Å². The molecule has 116 valence electrons. The normalized spacial score (nSPS) is 29.6. The van der Waals surface area contributed by atoms with E-state index in [0.29, 0.717) is 29.9 Å². The van der Waals surface area contributed by atoms with Crippen molar-refractivity contribution < 1.29 is 9.00 Å². The smallest absolute Gasteiger partial charge is 0.241 e. The number of nitrogens with one attached hydrogen (secondary N) is 1. The first-order valence-electron chi connectivity index (χ1n) is 7.96. The first kappa shape index (κ1) is 16.0. The monoisotopic (exact) mass is 300 g/mol. The van der Waals surface area contributed by atoms with E-state index < -0.39 is 10.8 Å². The van der Waals surface area contributed by atoms with Crippen molar-refractivity contribution in [2.75, 3.05) is 18.1 Å². The molecule has 0 aromatic heterocycles. The fourth-order valence-electron chi connectivity index (χ4n) is 3.40. The van der Waals surface area contributed by atoms with Crippen molar-refractivity contribution in [3.63, 3.8) is 0 Å². The minimum Gasteiger partial charge on any atom is -0.325 e. The fraction of sp³-hybridized carbons (Fsp3) is 0.933. The van der Waals surface area contributed by atoms with Gasteiger partial charge in [0.15, 0.2) is 0 Å². The van der Waals surface area contributed by atoms with Gasteiger partial charge in [0.05, 0.1) is 12.2 Å². The van der Waals surface area contributed by atoms with Crippen molar-refractivity contribution >= 4 is 16.7 Å². The third-order valence-electron chi connectivity index (χ3n) is 4.63. The van der Waals surface area contributed by atoms with E-state index in [1.807, 2.05) is 11.8 Å². The van der Waals surface area contributed by atoms with E-state index in [0.717, 1.165) is 0 Å². The molecule has 2 rings (SSSR count). The lowest BCUT2D eigenvalue weighted by Crippen LogP contribution is -2.44. The van der Waals surface area contributed by atoms with Crippen LogP contribution in [0.5, 0.6) is 0 Å². The Morgan fingerprint density at radius 1 is 1.35 bits per heavy atom. The Balaban J connectivity index is 2.05. The van der Waals surface area contributed by atoms with Gasteiger partial charge >= 0.3 is 0 Å². The van der Waals surface area contributed by atoms with Crippen molar-refractivity contribution in [3.05, 3.63) is 0 Å². The minimum atomic E-state index is -0.798. The molecule has 1 amide bonds. The van der Waals surface area contributed by atoms with Crippen LogP contribution in [0.15, 0.2) is 0 Å². The van der Waals surface area contributed by atoms with Crippen LogP contribution in [0.1, 0.15) is 46.5 Å². The van der Waals surface area contributed by atoms with Gasteiger partial charge in [-0.05, 0) is 24.7 Å². The van der Waals surface area contributed by atoms with Gasteiger partial charge in [-0.3, -0.25) is 14.3 Å². The lowest BCUT2D eigenvalue weighted by molar-refractivity contribution is -0.131. The quantitative estimate of drug-likeness (QED) is 0.813. The van der Waals surface area contributed by atoms with Crippen LogP contribution in [0.3, 0.4) is 0 Å². The Hall–Kier alpha value is -0.420. The minimum absolute atomic E-state index is 0.0596. The molecule has 0 aromatic carbocycles. The van der Waals surface area contributed by atoms with Crippen molar-refractivity contribution in [2.24, 2.45) is 11.8 Å². The zero-order valence-electron chi connectivity index (χ0n) is 12.9. The maximum absolute atomic E-state index is 12.6. The molecule has 1 aliphatic heterocycles. The maximum atomic E-state index is 12.6. The Morgan fingerprint density at radius 2 is 2.00 bits per heavy atom. The maximum Gasteiger partial charge on any atom is 0.241 e. The van der Waals surface area contributed by atoms with Crippen LogP contribution in [0.2, 0.25) is 0 Å². The third kappa shape index (κ3) is 3.42. The van der Waals surface area contributed by atoms with Gasteiger partial charge in [-0.2, -0.15) is 0 Å². The zero-order valence-corrected chi connectivity index (χ0v) is 13.7.